The molecule has 28 heavy (non-hydrogen) atoms. The maximum absolute atomic E-state index is 12.1. The lowest BCUT2D eigenvalue weighted by molar-refractivity contribution is -0.914. The molecule has 0 spiro atoms. The van der Waals surface area contributed by atoms with Gasteiger partial charge in [0.05, 0.1) is 38.9 Å². The van der Waals surface area contributed by atoms with E-state index in [1.165, 1.54) is 12.0 Å². The second-order valence-electron chi connectivity index (χ2n) is 6.93. The number of ether oxygens (including phenoxy) is 1. The summed E-state index contributed by atoms with van der Waals surface area (Å²) in [4.78, 5) is 24.3. The minimum atomic E-state index is -0.523. The van der Waals surface area contributed by atoms with Crippen LogP contribution in [0.5, 0.6) is 5.75 Å². The lowest BCUT2D eigenvalue weighted by Gasteiger charge is -2.32. The molecular formula is C21H23N4O3+. The van der Waals surface area contributed by atoms with Crippen molar-refractivity contribution in [3.63, 3.8) is 0 Å². The van der Waals surface area contributed by atoms with Gasteiger partial charge in [-0.1, -0.05) is 24.3 Å². The summed E-state index contributed by atoms with van der Waals surface area (Å²) in [6, 6.07) is 11.3. The Balaban J connectivity index is 1.58. The molecule has 7 heteroatoms. The van der Waals surface area contributed by atoms with E-state index in [0.29, 0.717) is 6.54 Å². The van der Waals surface area contributed by atoms with Crippen molar-refractivity contribution in [3.05, 3.63) is 59.9 Å². The summed E-state index contributed by atoms with van der Waals surface area (Å²) in [6.45, 7) is 4.12. The number of hydrogen-bond acceptors (Lipinski definition) is 6. The molecule has 0 aliphatic carbocycles. The van der Waals surface area contributed by atoms with Gasteiger partial charge in [0.2, 0.25) is 5.95 Å². The number of benzene rings is 2. The van der Waals surface area contributed by atoms with Gasteiger partial charge in [-0.15, -0.1) is 0 Å². The van der Waals surface area contributed by atoms with E-state index in [2.05, 4.69) is 14.9 Å². The minimum Gasteiger partial charge on any atom is -0.507 e. The standard InChI is InChI=1S/C21H22N4O3/c1-28-20(27)17-13-15-5-2-3-6-16(15)18(19(17)26)14-24-9-11-25(12-10-24)21-22-7-4-8-23-21/h2-8,13,26H,9-12,14H2,1H3/p+1. The zero-order valence-corrected chi connectivity index (χ0v) is 15.8. The number of phenols is 1. The van der Waals surface area contributed by atoms with E-state index in [4.69, 9.17) is 4.74 Å². The van der Waals surface area contributed by atoms with Gasteiger partial charge in [-0.25, -0.2) is 14.8 Å². The molecule has 7 nitrogen and oxygen atoms in total. The first kappa shape index (κ1) is 18.2. The van der Waals surface area contributed by atoms with Crippen LogP contribution in [-0.2, 0) is 11.3 Å². The predicted molar refractivity (Wildman–Crippen MR) is 106 cm³/mol. The Labute approximate surface area is 163 Å². The third-order valence-electron chi connectivity index (χ3n) is 5.26. The summed E-state index contributed by atoms with van der Waals surface area (Å²) < 4.78 is 4.85. The number of nitrogens with one attached hydrogen (secondary N) is 1. The molecule has 1 aliphatic rings. The zero-order chi connectivity index (χ0) is 19.5. The van der Waals surface area contributed by atoms with Crippen molar-refractivity contribution in [1.82, 2.24) is 9.97 Å². The van der Waals surface area contributed by atoms with E-state index in [0.717, 1.165) is 48.5 Å². The van der Waals surface area contributed by atoms with Crippen molar-refractivity contribution >= 4 is 22.7 Å². The summed E-state index contributed by atoms with van der Waals surface area (Å²) in [6.07, 6.45) is 3.51. The molecule has 3 aromatic rings. The number of fused-ring (bicyclic) bond motifs is 1. The number of rotatable bonds is 4. The van der Waals surface area contributed by atoms with Gasteiger partial charge in [0.1, 0.15) is 17.9 Å². The minimum absolute atomic E-state index is 0.0203. The van der Waals surface area contributed by atoms with Crippen molar-refractivity contribution in [1.29, 1.82) is 0 Å². The van der Waals surface area contributed by atoms with Crippen LogP contribution in [0.25, 0.3) is 10.8 Å². The van der Waals surface area contributed by atoms with Crippen molar-refractivity contribution < 1.29 is 19.5 Å². The second kappa shape index (κ2) is 7.82. The van der Waals surface area contributed by atoms with Gasteiger partial charge in [-0.05, 0) is 22.9 Å². The number of aromatic nitrogens is 2. The Morgan fingerprint density at radius 3 is 2.61 bits per heavy atom. The summed E-state index contributed by atoms with van der Waals surface area (Å²) in [5.41, 5.74) is 1.00. The topological polar surface area (TPSA) is 80.0 Å². The molecule has 0 amide bonds. The number of aromatic hydroxyl groups is 1. The van der Waals surface area contributed by atoms with Crippen molar-refractivity contribution in [2.75, 3.05) is 38.2 Å². The molecule has 2 N–H and O–H groups in total. The fourth-order valence-corrected chi connectivity index (χ4v) is 3.76. The van der Waals surface area contributed by atoms with Crippen LogP contribution in [0.4, 0.5) is 5.95 Å². The van der Waals surface area contributed by atoms with Gasteiger partial charge in [0.25, 0.3) is 0 Å². The first-order chi connectivity index (χ1) is 13.7. The van der Waals surface area contributed by atoms with Crippen molar-refractivity contribution in [2.45, 2.75) is 6.54 Å². The molecule has 0 bridgehead atoms. The average Bonchev–Trinajstić information content (AvgIpc) is 2.76. The second-order valence-corrected chi connectivity index (χ2v) is 6.93. The van der Waals surface area contributed by atoms with Crippen LogP contribution in [0.3, 0.4) is 0 Å². The fourth-order valence-electron chi connectivity index (χ4n) is 3.76. The smallest absolute Gasteiger partial charge is 0.341 e. The molecule has 0 saturated carbocycles. The van der Waals surface area contributed by atoms with Crippen LogP contribution < -0.4 is 9.80 Å². The Morgan fingerprint density at radius 2 is 1.89 bits per heavy atom. The van der Waals surface area contributed by atoms with E-state index < -0.39 is 5.97 Å². The van der Waals surface area contributed by atoms with Crippen molar-refractivity contribution in [3.8, 4) is 5.75 Å². The summed E-state index contributed by atoms with van der Waals surface area (Å²) in [7, 11) is 1.33. The van der Waals surface area contributed by atoms with E-state index in [1.54, 1.807) is 18.5 Å². The SMILES string of the molecule is COC(=O)c1cc2ccccc2c(C[NH+]2CCN(c3ncccn3)CC2)c1O. The fraction of sp³-hybridized carbons (Fsp3) is 0.286. The van der Waals surface area contributed by atoms with Crippen LogP contribution in [0.2, 0.25) is 0 Å². The zero-order valence-electron chi connectivity index (χ0n) is 15.8. The van der Waals surface area contributed by atoms with Crippen LogP contribution >= 0.6 is 0 Å². The van der Waals surface area contributed by atoms with Crippen LogP contribution in [0, 0.1) is 0 Å². The lowest BCUT2D eigenvalue weighted by atomic mass is 9.98. The third kappa shape index (κ3) is 3.48. The Kier molecular flexibility index (Phi) is 5.08. The molecule has 1 saturated heterocycles. The summed E-state index contributed by atoms with van der Waals surface area (Å²) in [5, 5.41) is 12.7. The van der Waals surface area contributed by atoms with Gasteiger partial charge in [-0.3, -0.25) is 0 Å². The lowest BCUT2D eigenvalue weighted by Crippen LogP contribution is -3.13. The number of anilines is 1. The van der Waals surface area contributed by atoms with Gasteiger partial charge in [0.15, 0.2) is 0 Å². The number of quaternary nitrogens is 1. The molecule has 1 aromatic heterocycles. The van der Waals surface area contributed by atoms with Crippen LogP contribution in [0.1, 0.15) is 15.9 Å². The predicted octanol–water partition coefficient (Wildman–Crippen LogP) is 1.03. The normalized spacial score (nSPS) is 15.0. The molecule has 0 radical (unpaired) electrons. The number of nitrogens with zero attached hydrogens (tertiary/aromatic N) is 3. The number of hydrogen-bond donors (Lipinski definition) is 2. The number of carbonyl (C=O) groups is 1. The van der Waals surface area contributed by atoms with Gasteiger partial charge < -0.3 is 19.6 Å². The molecule has 2 aromatic carbocycles. The Hall–Kier alpha value is -3.19. The maximum Gasteiger partial charge on any atom is 0.341 e. The number of piperazine rings is 1. The summed E-state index contributed by atoms with van der Waals surface area (Å²) in [5.74, 6) is 0.250. The van der Waals surface area contributed by atoms with E-state index in [9.17, 15) is 9.90 Å². The number of methoxy groups -OCH3 is 1. The Morgan fingerprint density at radius 1 is 1.18 bits per heavy atom. The largest absolute Gasteiger partial charge is 0.507 e. The van der Waals surface area contributed by atoms with E-state index >= 15 is 0 Å². The van der Waals surface area contributed by atoms with Gasteiger partial charge in [-0.2, -0.15) is 0 Å². The average molecular weight is 379 g/mol. The first-order valence-corrected chi connectivity index (χ1v) is 9.35. The molecule has 144 valence electrons. The highest BCUT2D eigenvalue weighted by Gasteiger charge is 2.25. The molecule has 0 atom stereocenters. The highest BCUT2D eigenvalue weighted by atomic mass is 16.5. The highest BCUT2D eigenvalue weighted by Crippen LogP contribution is 2.31. The first-order valence-electron chi connectivity index (χ1n) is 9.35. The van der Waals surface area contributed by atoms with Gasteiger partial charge >= 0.3 is 5.97 Å². The number of esters is 1. The van der Waals surface area contributed by atoms with Crippen molar-refractivity contribution in [2.24, 2.45) is 0 Å². The summed E-state index contributed by atoms with van der Waals surface area (Å²) >= 11 is 0. The number of carbonyl (C=O) groups excluding carboxylic acids is 1. The highest BCUT2D eigenvalue weighted by molar-refractivity contribution is 6.00. The molecule has 1 aliphatic heterocycles. The van der Waals surface area contributed by atoms with Crippen LogP contribution in [-0.4, -0.2) is 54.3 Å². The van der Waals surface area contributed by atoms with E-state index in [-0.39, 0.29) is 11.3 Å². The third-order valence-corrected chi connectivity index (χ3v) is 5.26. The van der Waals surface area contributed by atoms with Gasteiger partial charge in [0, 0.05) is 12.4 Å². The molecule has 2 heterocycles. The maximum atomic E-state index is 12.1. The molecule has 4 rings (SSSR count). The number of phenolic OH excluding ortho intramolecular Hbond substituents is 1. The van der Waals surface area contributed by atoms with E-state index in [1.807, 2.05) is 30.3 Å². The van der Waals surface area contributed by atoms with Crippen LogP contribution in [0.15, 0.2) is 48.8 Å². The monoisotopic (exact) mass is 379 g/mol. The molecular weight excluding hydrogens is 356 g/mol. The molecule has 1 fully saturated rings. The molecule has 0 unspecified atom stereocenters. The quantitative estimate of drug-likeness (QED) is 0.659. The Bertz CT molecular complexity index is 986.